The predicted molar refractivity (Wildman–Crippen MR) is 50.8 cm³/mol. The molecule has 5 heteroatoms. The summed E-state index contributed by atoms with van der Waals surface area (Å²) in [6.45, 7) is 5.08. The van der Waals surface area contributed by atoms with E-state index in [4.69, 9.17) is 4.74 Å². The van der Waals surface area contributed by atoms with Gasteiger partial charge in [0.2, 0.25) is 0 Å². The van der Waals surface area contributed by atoms with Crippen LogP contribution >= 0.6 is 0 Å². The third-order valence-corrected chi connectivity index (χ3v) is 2.21. The quantitative estimate of drug-likeness (QED) is 0.669. The van der Waals surface area contributed by atoms with Crippen LogP contribution < -0.4 is 5.32 Å². The van der Waals surface area contributed by atoms with E-state index in [2.05, 4.69) is 5.32 Å². The minimum atomic E-state index is -0.491. The van der Waals surface area contributed by atoms with Gasteiger partial charge in [0.05, 0.1) is 6.61 Å². The molecule has 80 valence electrons. The van der Waals surface area contributed by atoms with Gasteiger partial charge in [0.15, 0.2) is 0 Å². The molecule has 1 atom stereocenters. The van der Waals surface area contributed by atoms with Crippen molar-refractivity contribution in [2.24, 2.45) is 0 Å². The number of esters is 1. The highest BCUT2D eigenvalue weighted by atomic mass is 16.5. The third kappa shape index (κ3) is 2.37. The molecule has 1 aliphatic heterocycles. The Morgan fingerprint density at radius 2 is 2.43 bits per heavy atom. The molecule has 5 nitrogen and oxygen atoms in total. The van der Waals surface area contributed by atoms with Crippen LogP contribution in [-0.2, 0) is 9.53 Å². The first-order chi connectivity index (χ1) is 6.66. The number of nitrogens with one attached hydrogen (secondary N) is 1. The Morgan fingerprint density at radius 1 is 1.71 bits per heavy atom. The topological polar surface area (TPSA) is 58.6 Å². The summed E-state index contributed by atoms with van der Waals surface area (Å²) >= 11 is 0. The van der Waals surface area contributed by atoms with E-state index in [0.29, 0.717) is 19.7 Å². The Morgan fingerprint density at radius 3 is 3.00 bits per heavy atom. The van der Waals surface area contributed by atoms with Crippen LogP contribution in [0.4, 0.5) is 4.79 Å². The van der Waals surface area contributed by atoms with Gasteiger partial charge in [-0.25, -0.2) is 9.59 Å². The monoisotopic (exact) mass is 200 g/mol. The van der Waals surface area contributed by atoms with E-state index in [9.17, 15) is 9.59 Å². The smallest absolute Gasteiger partial charge is 0.328 e. The van der Waals surface area contributed by atoms with Crippen molar-refractivity contribution in [3.05, 3.63) is 0 Å². The van der Waals surface area contributed by atoms with Crippen molar-refractivity contribution < 1.29 is 14.3 Å². The largest absolute Gasteiger partial charge is 0.464 e. The summed E-state index contributed by atoms with van der Waals surface area (Å²) in [6, 6.07) is -0.674. The van der Waals surface area contributed by atoms with Crippen molar-refractivity contribution in [3.8, 4) is 0 Å². The van der Waals surface area contributed by atoms with Crippen LogP contribution in [0.15, 0.2) is 0 Å². The van der Waals surface area contributed by atoms with Crippen LogP contribution in [0.2, 0.25) is 0 Å². The highest BCUT2D eigenvalue weighted by Gasteiger charge is 2.28. The molecule has 2 amide bonds. The van der Waals surface area contributed by atoms with E-state index in [1.807, 2.05) is 0 Å². The van der Waals surface area contributed by atoms with Crippen LogP contribution in [0, 0.1) is 0 Å². The molecular weight excluding hydrogens is 184 g/mol. The summed E-state index contributed by atoms with van der Waals surface area (Å²) in [6.07, 6.45) is 0.871. The minimum Gasteiger partial charge on any atom is -0.464 e. The van der Waals surface area contributed by atoms with Crippen molar-refractivity contribution >= 4 is 12.0 Å². The summed E-state index contributed by atoms with van der Waals surface area (Å²) in [5.41, 5.74) is 0. The molecule has 1 rings (SSSR count). The van der Waals surface area contributed by atoms with E-state index < -0.39 is 6.04 Å². The lowest BCUT2D eigenvalue weighted by atomic mass is 10.2. The zero-order valence-electron chi connectivity index (χ0n) is 8.58. The average molecular weight is 200 g/mol. The molecule has 0 aromatic carbocycles. The molecule has 0 aliphatic carbocycles. The van der Waals surface area contributed by atoms with Gasteiger partial charge < -0.3 is 15.0 Å². The maximum absolute atomic E-state index is 11.4. The highest BCUT2D eigenvalue weighted by molar-refractivity contribution is 5.83. The number of ether oxygens (including phenoxy) is 1. The molecule has 0 aromatic heterocycles. The van der Waals surface area contributed by atoms with Crippen LogP contribution in [0.3, 0.4) is 0 Å². The second-order valence-corrected chi connectivity index (χ2v) is 3.21. The first-order valence-electron chi connectivity index (χ1n) is 4.88. The first kappa shape index (κ1) is 10.8. The number of amides is 2. The molecule has 14 heavy (non-hydrogen) atoms. The number of hydrogen-bond acceptors (Lipinski definition) is 3. The number of rotatable bonds is 3. The van der Waals surface area contributed by atoms with E-state index in [0.717, 1.165) is 6.42 Å². The maximum Gasteiger partial charge on any atom is 0.328 e. The van der Waals surface area contributed by atoms with Crippen molar-refractivity contribution in [2.75, 3.05) is 19.7 Å². The number of hydrogen-bond donors (Lipinski definition) is 1. The minimum absolute atomic E-state index is 0.184. The molecule has 0 aromatic rings. The van der Waals surface area contributed by atoms with Gasteiger partial charge in [-0.3, -0.25) is 0 Å². The zero-order chi connectivity index (χ0) is 10.6. The van der Waals surface area contributed by atoms with Gasteiger partial charge in [0.25, 0.3) is 0 Å². The summed E-state index contributed by atoms with van der Waals surface area (Å²) < 4.78 is 4.84. The lowest BCUT2D eigenvalue weighted by molar-refractivity contribution is -0.147. The molecule has 0 spiro atoms. The van der Waals surface area contributed by atoms with Crippen molar-refractivity contribution in [3.63, 3.8) is 0 Å². The lowest BCUT2D eigenvalue weighted by Gasteiger charge is -2.31. The summed E-state index contributed by atoms with van der Waals surface area (Å²) in [5, 5.41) is 2.69. The van der Waals surface area contributed by atoms with Gasteiger partial charge in [-0.05, 0) is 20.3 Å². The maximum atomic E-state index is 11.4. The van der Waals surface area contributed by atoms with E-state index in [1.54, 1.807) is 13.8 Å². The summed E-state index contributed by atoms with van der Waals surface area (Å²) in [4.78, 5) is 24.2. The van der Waals surface area contributed by atoms with Crippen LogP contribution in [0.25, 0.3) is 0 Å². The van der Waals surface area contributed by atoms with Gasteiger partial charge in [-0.1, -0.05) is 0 Å². The van der Waals surface area contributed by atoms with E-state index in [1.165, 1.54) is 4.90 Å². The fourth-order valence-corrected chi connectivity index (χ4v) is 1.41. The molecule has 0 saturated carbocycles. The Labute approximate surface area is 83.4 Å². The van der Waals surface area contributed by atoms with Crippen LogP contribution in [0.1, 0.15) is 20.3 Å². The first-order valence-corrected chi connectivity index (χ1v) is 4.88. The SMILES string of the molecule is CCOC(=O)C(C)N1CCCNC1=O. The van der Waals surface area contributed by atoms with Gasteiger partial charge in [-0.15, -0.1) is 0 Å². The Kier molecular flexibility index (Phi) is 3.73. The van der Waals surface area contributed by atoms with Crippen molar-refractivity contribution in [1.29, 1.82) is 0 Å². The predicted octanol–water partition coefficient (Wildman–Crippen LogP) is 0.353. The molecular formula is C9H16N2O3. The normalized spacial score (nSPS) is 18.7. The van der Waals surface area contributed by atoms with Gasteiger partial charge in [-0.2, -0.15) is 0 Å². The molecule has 0 bridgehead atoms. The van der Waals surface area contributed by atoms with Gasteiger partial charge in [0.1, 0.15) is 6.04 Å². The van der Waals surface area contributed by atoms with E-state index >= 15 is 0 Å². The van der Waals surface area contributed by atoms with Gasteiger partial charge in [0, 0.05) is 13.1 Å². The molecule has 1 saturated heterocycles. The second-order valence-electron chi connectivity index (χ2n) is 3.21. The number of carbonyl (C=O) groups is 2. The van der Waals surface area contributed by atoms with Crippen molar-refractivity contribution in [2.45, 2.75) is 26.3 Å². The Balaban J connectivity index is 2.53. The van der Waals surface area contributed by atoms with E-state index in [-0.39, 0.29) is 12.0 Å². The highest BCUT2D eigenvalue weighted by Crippen LogP contribution is 2.06. The summed E-state index contributed by atoms with van der Waals surface area (Å²) in [5.74, 6) is -0.343. The van der Waals surface area contributed by atoms with Gasteiger partial charge >= 0.3 is 12.0 Å². The molecule has 1 unspecified atom stereocenters. The number of nitrogens with zero attached hydrogens (tertiary/aromatic N) is 1. The second kappa shape index (κ2) is 4.83. The lowest BCUT2D eigenvalue weighted by Crippen LogP contribution is -2.53. The number of carbonyl (C=O) groups excluding carboxylic acids is 2. The van der Waals surface area contributed by atoms with Crippen LogP contribution in [0.5, 0.6) is 0 Å². The Hall–Kier alpha value is -1.26. The molecule has 1 heterocycles. The zero-order valence-corrected chi connectivity index (χ0v) is 8.58. The molecule has 0 radical (unpaired) electrons. The van der Waals surface area contributed by atoms with Crippen molar-refractivity contribution in [1.82, 2.24) is 10.2 Å². The molecule has 1 aliphatic rings. The summed E-state index contributed by atoms with van der Waals surface area (Å²) in [7, 11) is 0. The third-order valence-electron chi connectivity index (χ3n) is 2.21. The Bertz CT molecular complexity index is 230. The molecule has 1 N–H and O–H groups in total. The molecule has 1 fully saturated rings. The fourth-order valence-electron chi connectivity index (χ4n) is 1.41. The average Bonchev–Trinajstić information content (AvgIpc) is 2.18. The fraction of sp³-hybridized carbons (Fsp3) is 0.778. The standard InChI is InChI=1S/C9H16N2O3/c1-3-14-8(12)7(2)11-6-4-5-10-9(11)13/h7H,3-6H2,1-2H3,(H,10,13). The number of urea groups is 1. The van der Waals surface area contributed by atoms with Crippen LogP contribution in [-0.4, -0.2) is 42.6 Å².